The number of benzene rings is 1. The lowest BCUT2D eigenvalue weighted by Gasteiger charge is -2.09. The number of rotatable bonds is 8. The fourth-order valence-electron chi connectivity index (χ4n) is 1.90. The third-order valence-electron chi connectivity index (χ3n) is 3.34. The molecule has 0 aliphatic heterocycles. The van der Waals surface area contributed by atoms with Crippen LogP contribution in [0.2, 0.25) is 0 Å². The molecule has 0 aliphatic rings. The number of anilines is 1. The van der Waals surface area contributed by atoms with E-state index in [9.17, 15) is 9.59 Å². The Labute approximate surface area is 159 Å². The van der Waals surface area contributed by atoms with E-state index < -0.39 is 5.25 Å². The van der Waals surface area contributed by atoms with Crippen LogP contribution in [0.15, 0.2) is 18.2 Å². The zero-order chi connectivity index (χ0) is 19.1. The molecule has 1 N–H and O–H groups in total. The van der Waals surface area contributed by atoms with Gasteiger partial charge in [-0.1, -0.05) is 11.3 Å². The third kappa shape index (κ3) is 5.09. The highest BCUT2D eigenvalue weighted by molar-refractivity contribution is 8.01. The Kier molecular flexibility index (Phi) is 7.22. The van der Waals surface area contributed by atoms with Crippen LogP contribution in [-0.4, -0.2) is 54.4 Å². The number of hydrogen-bond acceptors (Lipinski definition) is 9. The number of methoxy groups -OCH3 is 3. The largest absolute Gasteiger partial charge is 0.497 e. The minimum atomic E-state index is -0.437. The van der Waals surface area contributed by atoms with Crippen LogP contribution >= 0.6 is 23.1 Å². The van der Waals surface area contributed by atoms with Crippen molar-refractivity contribution in [2.75, 3.05) is 32.4 Å². The van der Waals surface area contributed by atoms with Gasteiger partial charge in [-0.3, -0.25) is 14.9 Å². The van der Waals surface area contributed by atoms with Crippen LogP contribution in [0.5, 0.6) is 11.5 Å². The van der Waals surface area contributed by atoms with Crippen LogP contribution in [0.4, 0.5) is 5.13 Å². The summed E-state index contributed by atoms with van der Waals surface area (Å²) in [7, 11) is 4.45. The van der Waals surface area contributed by atoms with E-state index in [1.807, 2.05) is 0 Å². The van der Waals surface area contributed by atoms with E-state index in [0.29, 0.717) is 21.6 Å². The molecule has 0 saturated heterocycles. The molecule has 0 aliphatic carbocycles. The number of thioether (sulfide) groups is 1. The summed E-state index contributed by atoms with van der Waals surface area (Å²) in [6, 6.07) is 5.35. The predicted octanol–water partition coefficient (Wildman–Crippen LogP) is 2.46. The monoisotopic (exact) mass is 397 g/mol. The fourth-order valence-corrected chi connectivity index (χ4v) is 3.38. The summed E-state index contributed by atoms with van der Waals surface area (Å²) < 4.78 is 15.1. The minimum Gasteiger partial charge on any atom is -0.497 e. The maximum absolute atomic E-state index is 12.2. The molecule has 1 heterocycles. The first-order chi connectivity index (χ1) is 12.5. The summed E-state index contributed by atoms with van der Waals surface area (Å²) in [6.07, 6.45) is 0. The molecule has 0 radical (unpaired) electrons. The van der Waals surface area contributed by atoms with Crippen LogP contribution in [-0.2, 0) is 14.3 Å². The minimum absolute atomic E-state index is 0.105. The van der Waals surface area contributed by atoms with Crippen molar-refractivity contribution in [1.29, 1.82) is 0 Å². The zero-order valence-electron chi connectivity index (χ0n) is 14.8. The number of esters is 1. The molecule has 8 nitrogen and oxygen atoms in total. The first-order valence-corrected chi connectivity index (χ1v) is 9.40. The summed E-state index contributed by atoms with van der Waals surface area (Å²) in [5.74, 6) is 0.751. The van der Waals surface area contributed by atoms with Crippen LogP contribution < -0.4 is 14.8 Å². The average molecular weight is 397 g/mol. The van der Waals surface area contributed by atoms with Crippen LogP contribution in [0.3, 0.4) is 0 Å². The lowest BCUT2D eigenvalue weighted by molar-refractivity contribution is -0.137. The van der Waals surface area contributed by atoms with Gasteiger partial charge in [0.15, 0.2) is 5.01 Å². The van der Waals surface area contributed by atoms with Crippen molar-refractivity contribution >= 4 is 40.1 Å². The van der Waals surface area contributed by atoms with Crippen LogP contribution in [0.1, 0.15) is 6.92 Å². The Hall–Kier alpha value is -2.33. The molecule has 26 heavy (non-hydrogen) atoms. The maximum Gasteiger partial charge on any atom is 0.315 e. The van der Waals surface area contributed by atoms with Gasteiger partial charge in [0, 0.05) is 0 Å². The molecule has 1 aromatic carbocycles. The lowest BCUT2D eigenvalue weighted by Crippen LogP contribution is -2.23. The number of nitrogens with zero attached hydrogens (tertiary/aromatic N) is 2. The second kappa shape index (κ2) is 9.39. The van der Waals surface area contributed by atoms with Crippen molar-refractivity contribution in [2.45, 2.75) is 12.2 Å². The number of carbonyl (C=O) groups excluding carboxylic acids is 2. The average Bonchev–Trinajstić information content (AvgIpc) is 3.13. The van der Waals surface area contributed by atoms with Gasteiger partial charge in [0.05, 0.1) is 37.9 Å². The van der Waals surface area contributed by atoms with Crippen molar-refractivity contribution in [3.63, 3.8) is 0 Å². The summed E-state index contributed by atoms with van der Waals surface area (Å²) in [5.41, 5.74) is 0.720. The fraction of sp³-hybridized carbons (Fsp3) is 0.375. The molecule has 1 aromatic heterocycles. The Balaban J connectivity index is 2.08. The number of nitrogens with one attached hydrogen (secondary N) is 1. The first-order valence-electron chi connectivity index (χ1n) is 7.53. The number of hydrogen-bond donors (Lipinski definition) is 1. The topological polar surface area (TPSA) is 99.6 Å². The van der Waals surface area contributed by atoms with E-state index in [1.54, 1.807) is 39.3 Å². The molecule has 0 unspecified atom stereocenters. The van der Waals surface area contributed by atoms with Gasteiger partial charge < -0.3 is 14.2 Å². The number of carbonyl (C=O) groups is 2. The number of aromatic nitrogens is 2. The Bertz CT molecular complexity index is 781. The molecule has 140 valence electrons. The van der Waals surface area contributed by atoms with Gasteiger partial charge in [0.2, 0.25) is 11.0 Å². The Morgan fingerprint density at radius 1 is 1.23 bits per heavy atom. The molecule has 0 bridgehead atoms. The summed E-state index contributed by atoms with van der Waals surface area (Å²) >= 11 is 2.40. The van der Waals surface area contributed by atoms with E-state index in [4.69, 9.17) is 9.47 Å². The van der Waals surface area contributed by atoms with Gasteiger partial charge in [-0.2, -0.15) is 0 Å². The van der Waals surface area contributed by atoms with E-state index in [1.165, 1.54) is 30.2 Å². The molecule has 10 heteroatoms. The lowest BCUT2D eigenvalue weighted by atomic mass is 10.2. The quantitative estimate of drug-likeness (QED) is 0.678. The van der Waals surface area contributed by atoms with Gasteiger partial charge in [0.1, 0.15) is 11.5 Å². The van der Waals surface area contributed by atoms with Gasteiger partial charge in [-0.15, -0.1) is 22.0 Å². The van der Waals surface area contributed by atoms with E-state index in [-0.39, 0.29) is 17.6 Å². The molecule has 0 fully saturated rings. The molecule has 1 atom stereocenters. The van der Waals surface area contributed by atoms with Crippen molar-refractivity contribution in [3.8, 4) is 22.1 Å². The number of amides is 1. The SMILES string of the molecule is COC(=O)CS[C@@H](C)C(=O)Nc1nnc(-c2cc(OC)ccc2OC)s1. The highest BCUT2D eigenvalue weighted by Gasteiger charge is 2.19. The van der Waals surface area contributed by atoms with E-state index in [2.05, 4.69) is 20.3 Å². The van der Waals surface area contributed by atoms with Gasteiger partial charge >= 0.3 is 5.97 Å². The van der Waals surface area contributed by atoms with Crippen LogP contribution in [0.25, 0.3) is 10.6 Å². The second-order valence-electron chi connectivity index (χ2n) is 5.00. The molecular formula is C16H19N3O5S2. The molecule has 0 spiro atoms. The summed E-state index contributed by atoms with van der Waals surface area (Å²) in [6.45, 7) is 1.70. The zero-order valence-corrected chi connectivity index (χ0v) is 16.4. The molecule has 2 aromatic rings. The normalized spacial score (nSPS) is 11.5. The Morgan fingerprint density at radius 3 is 2.65 bits per heavy atom. The van der Waals surface area contributed by atoms with Crippen molar-refractivity contribution in [1.82, 2.24) is 10.2 Å². The van der Waals surface area contributed by atoms with Crippen molar-refractivity contribution in [2.24, 2.45) is 0 Å². The van der Waals surface area contributed by atoms with Gasteiger partial charge in [-0.05, 0) is 25.1 Å². The highest BCUT2D eigenvalue weighted by Crippen LogP contribution is 2.36. The number of ether oxygens (including phenoxy) is 3. The van der Waals surface area contributed by atoms with Gasteiger partial charge in [-0.25, -0.2) is 0 Å². The first kappa shape index (κ1) is 20.0. The van der Waals surface area contributed by atoms with E-state index in [0.717, 1.165) is 5.56 Å². The molecule has 2 rings (SSSR count). The smallest absolute Gasteiger partial charge is 0.315 e. The third-order valence-corrected chi connectivity index (χ3v) is 5.33. The molecule has 1 amide bonds. The standard InChI is InChI=1S/C16H19N3O5S2/c1-9(25-8-13(20)24-4)14(21)17-16-19-18-15(26-16)11-7-10(22-2)5-6-12(11)23-3/h5-7,9H,8H2,1-4H3,(H,17,19,21)/t9-/m0/s1. The summed E-state index contributed by atoms with van der Waals surface area (Å²) in [5, 5.41) is 11.3. The van der Waals surface area contributed by atoms with E-state index >= 15 is 0 Å². The van der Waals surface area contributed by atoms with Crippen molar-refractivity contribution in [3.05, 3.63) is 18.2 Å². The summed E-state index contributed by atoms with van der Waals surface area (Å²) in [4.78, 5) is 23.3. The molecular weight excluding hydrogens is 378 g/mol. The van der Waals surface area contributed by atoms with Crippen molar-refractivity contribution < 1.29 is 23.8 Å². The Morgan fingerprint density at radius 2 is 2.00 bits per heavy atom. The maximum atomic E-state index is 12.2. The predicted molar refractivity (Wildman–Crippen MR) is 101 cm³/mol. The highest BCUT2D eigenvalue weighted by atomic mass is 32.2. The van der Waals surface area contributed by atoms with Gasteiger partial charge in [0.25, 0.3) is 0 Å². The van der Waals surface area contributed by atoms with Crippen LogP contribution in [0, 0.1) is 0 Å². The second-order valence-corrected chi connectivity index (χ2v) is 7.30. The molecule has 0 saturated carbocycles.